The lowest BCUT2D eigenvalue weighted by atomic mass is 9.97. The Morgan fingerprint density at radius 3 is 2.56 bits per heavy atom. The summed E-state index contributed by atoms with van der Waals surface area (Å²) in [5.74, 6) is 0.306. The minimum absolute atomic E-state index is 0.0774. The van der Waals surface area contributed by atoms with Crippen LogP contribution in [-0.4, -0.2) is 43.0 Å². The normalized spacial score (nSPS) is 12.8. The number of aliphatic carboxylic acids is 1. The van der Waals surface area contributed by atoms with Crippen molar-refractivity contribution in [1.82, 2.24) is 5.32 Å². The van der Waals surface area contributed by atoms with Gasteiger partial charge in [-0.3, -0.25) is 9.59 Å². The van der Waals surface area contributed by atoms with Crippen molar-refractivity contribution in [3.8, 4) is 12.3 Å². The van der Waals surface area contributed by atoms with E-state index in [1.54, 1.807) is 24.3 Å². The van der Waals surface area contributed by atoms with E-state index >= 15 is 0 Å². The van der Waals surface area contributed by atoms with Crippen LogP contribution in [0.2, 0.25) is 0 Å². The standard InChI is InChI=1S/C18H22BrNO5/c1-3-5-14(18(22)23)10-16(11-25-12-24-4-2)20-17(21)13-6-8-15(19)9-7-13/h1,6-9,14,16H,4-5,10-12H2,2H3,(H,20,21)(H,22,23)/t14-,16-/m0/s1. The van der Waals surface area contributed by atoms with Gasteiger partial charge in [-0.1, -0.05) is 15.9 Å². The van der Waals surface area contributed by atoms with Crippen molar-refractivity contribution in [2.75, 3.05) is 20.0 Å². The van der Waals surface area contributed by atoms with Crippen LogP contribution < -0.4 is 5.32 Å². The van der Waals surface area contributed by atoms with Crippen LogP contribution in [0.25, 0.3) is 0 Å². The van der Waals surface area contributed by atoms with Gasteiger partial charge in [-0.15, -0.1) is 12.3 Å². The molecule has 136 valence electrons. The number of benzene rings is 1. The third-order valence-corrected chi connectivity index (χ3v) is 3.94. The number of ether oxygens (including phenoxy) is 2. The molecule has 0 aliphatic rings. The molecule has 0 heterocycles. The predicted molar refractivity (Wildman–Crippen MR) is 97.0 cm³/mol. The van der Waals surface area contributed by atoms with E-state index in [2.05, 4.69) is 27.2 Å². The number of hydrogen-bond donors (Lipinski definition) is 2. The number of carbonyl (C=O) groups is 2. The van der Waals surface area contributed by atoms with Crippen LogP contribution in [0.4, 0.5) is 0 Å². The highest BCUT2D eigenvalue weighted by atomic mass is 79.9. The van der Waals surface area contributed by atoms with Gasteiger partial charge in [0.2, 0.25) is 0 Å². The summed E-state index contributed by atoms with van der Waals surface area (Å²) in [6.07, 6.45) is 5.50. The van der Waals surface area contributed by atoms with Crippen LogP contribution >= 0.6 is 15.9 Å². The van der Waals surface area contributed by atoms with E-state index in [4.69, 9.17) is 15.9 Å². The van der Waals surface area contributed by atoms with Crippen LogP contribution in [0.3, 0.4) is 0 Å². The first kappa shape index (κ1) is 21.2. The lowest BCUT2D eigenvalue weighted by molar-refractivity contribution is -0.142. The molecule has 0 radical (unpaired) electrons. The maximum Gasteiger partial charge on any atom is 0.307 e. The van der Waals surface area contributed by atoms with Crippen LogP contribution in [0.1, 0.15) is 30.1 Å². The van der Waals surface area contributed by atoms with Crippen LogP contribution in [0.15, 0.2) is 28.7 Å². The second-order valence-corrected chi connectivity index (χ2v) is 6.25. The number of terminal acetylenes is 1. The smallest absolute Gasteiger partial charge is 0.307 e. The van der Waals surface area contributed by atoms with Crippen molar-refractivity contribution in [2.45, 2.75) is 25.8 Å². The highest BCUT2D eigenvalue weighted by Gasteiger charge is 2.24. The van der Waals surface area contributed by atoms with Crippen molar-refractivity contribution in [1.29, 1.82) is 0 Å². The Bertz CT molecular complexity index is 596. The topological polar surface area (TPSA) is 84.9 Å². The summed E-state index contributed by atoms with van der Waals surface area (Å²) >= 11 is 3.31. The quantitative estimate of drug-likeness (QED) is 0.332. The first-order chi connectivity index (χ1) is 12.0. The molecule has 7 heteroatoms. The second-order valence-electron chi connectivity index (χ2n) is 5.34. The molecule has 2 atom stereocenters. The van der Waals surface area contributed by atoms with Gasteiger partial charge in [-0.05, 0) is 37.6 Å². The predicted octanol–water partition coefficient (Wildman–Crippen LogP) is 2.67. The number of carbonyl (C=O) groups excluding carboxylic acids is 1. The fourth-order valence-corrected chi connectivity index (χ4v) is 2.39. The van der Waals surface area contributed by atoms with Gasteiger partial charge in [0, 0.05) is 23.1 Å². The molecular weight excluding hydrogens is 390 g/mol. The van der Waals surface area contributed by atoms with Crippen molar-refractivity contribution < 1.29 is 24.2 Å². The number of hydrogen-bond acceptors (Lipinski definition) is 4. The molecule has 1 aromatic carbocycles. The van der Waals surface area contributed by atoms with Gasteiger partial charge < -0.3 is 19.9 Å². The van der Waals surface area contributed by atoms with Crippen LogP contribution in [0.5, 0.6) is 0 Å². The second kappa shape index (κ2) is 11.6. The van der Waals surface area contributed by atoms with Gasteiger partial charge >= 0.3 is 5.97 Å². The highest BCUT2D eigenvalue weighted by molar-refractivity contribution is 9.10. The largest absolute Gasteiger partial charge is 0.481 e. The van der Waals surface area contributed by atoms with E-state index in [0.29, 0.717) is 12.2 Å². The molecule has 2 N–H and O–H groups in total. The van der Waals surface area contributed by atoms with Gasteiger partial charge in [0.25, 0.3) is 5.91 Å². The first-order valence-corrected chi connectivity index (χ1v) is 8.65. The highest BCUT2D eigenvalue weighted by Crippen LogP contribution is 2.14. The van der Waals surface area contributed by atoms with E-state index in [1.807, 2.05) is 6.92 Å². The van der Waals surface area contributed by atoms with Crippen LogP contribution in [0, 0.1) is 18.3 Å². The first-order valence-electron chi connectivity index (χ1n) is 7.86. The van der Waals surface area contributed by atoms with Gasteiger partial charge in [0.15, 0.2) is 0 Å². The summed E-state index contributed by atoms with van der Waals surface area (Å²) < 4.78 is 11.3. The molecule has 0 aliphatic heterocycles. The maximum atomic E-state index is 12.4. The molecule has 0 aromatic heterocycles. The number of rotatable bonds is 11. The molecule has 0 spiro atoms. The molecule has 1 rings (SSSR count). The molecule has 1 aromatic rings. The number of halogens is 1. The van der Waals surface area contributed by atoms with Crippen molar-refractivity contribution >= 4 is 27.8 Å². The molecule has 0 fully saturated rings. The van der Waals surface area contributed by atoms with Gasteiger partial charge in [-0.25, -0.2) is 0 Å². The van der Waals surface area contributed by atoms with Gasteiger partial charge in [0.05, 0.1) is 18.6 Å². The Balaban J connectivity index is 2.74. The average molecular weight is 412 g/mol. The van der Waals surface area contributed by atoms with E-state index in [9.17, 15) is 14.7 Å². The summed E-state index contributed by atoms with van der Waals surface area (Å²) in [6, 6.07) is 6.37. The Hall–Kier alpha value is -1.88. The molecule has 0 bridgehead atoms. The third kappa shape index (κ3) is 8.16. The molecule has 0 aliphatic carbocycles. The fraction of sp³-hybridized carbons (Fsp3) is 0.444. The van der Waals surface area contributed by atoms with Crippen LogP contribution in [-0.2, 0) is 14.3 Å². The number of carboxylic acid groups (broad SMARTS) is 1. The minimum atomic E-state index is -0.995. The SMILES string of the molecule is C#CC[C@@H](C[C@@H](COCOCC)NC(=O)c1ccc(Br)cc1)C(=O)O. The lowest BCUT2D eigenvalue weighted by Crippen LogP contribution is -2.40. The Morgan fingerprint density at radius 2 is 2.00 bits per heavy atom. The average Bonchev–Trinajstić information content (AvgIpc) is 2.58. The zero-order valence-corrected chi connectivity index (χ0v) is 15.6. The Labute approximate surface area is 156 Å². The van der Waals surface area contributed by atoms with E-state index in [-0.39, 0.29) is 32.1 Å². The number of nitrogens with one attached hydrogen (secondary N) is 1. The molecule has 0 saturated heterocycles. The third-order valence-electron chi connectivity index (χ3n) is 3.41. The van der Waals surface area contributed by atoms with E-state index in [0.717, 1.165) is 4.47 Å². The summed E-state index contributed by atoms with van der Waals surface area (Å²) in [7, 11) is 0. The molecule has 0 unspecified atom stereocenters. The summed E-state index contributed by atoms with van der Waals surface area (Å²) in [4.78, 5) is 23.7. The van der Waals surface area contributed by atoms with Crippen molar-refractivity contribution in [3.63, 3.8) is 0 Å². The summed E-state index contributed by atoms with van der Waals surface area (Å²) in [6.45, 7) is 2.55. The van der Waals surface area contributed by atoms with Gasteiger partial charge in [-0.2, -0.15) is 0 Å². The molecule has 6 nitrogen and oxygen atoms in total. The van der Waals surface area contributed by atoms with Crippen molar-refractivity contribution in [2.24, 2.45) is 5.92 Å². The molecule has 25 heavy (non-hydrogen) atoms. The van der Waals surface area contributed by atoms with Gasteiger partial charge in [0.1, 0.15) is 6.79 Å². The number of carboxylic acids is 1. The lowest BCUT2D eigenvalue weighted by Gasteiger charge is -2.21. The summed E-state index contributed by atoms with van der Waals surface area (Å²) in [5.41, 5.74) is 0.474. The minimum Gasteiger partial charge on any atom is -0.481 e. The summed E-state index contributed by atoms with van der Waals surface area (Å²) in [5, 5.41) is 12.1. The molecular formula is C18H22BrNO5. The zero-order valence-electron chi connectivity index (χ0n) is 14.0. The Morgan fingerprint density at radius 1 is 1.32 bits per heavy atom. The molecule has 0 saturated carbocycles. The van der Waals surface area contributed by atoms with E-state index < -0.39 is 17.9 Å². The fourth-order valence-electron chi connectivity index (χ4n) is 2.13. The monoisotopic (exact) mass is 411 g/mol. The maximum absolute atomic E-state index is 12.4. The van der Waals surface area contributed by atoms with Crippen molar-refractivity contribution in [3.05, 3.63) is 34.3 Å². The zero-order chi connectivity index (χ0) is 18.7. The number of amides is 1. The molecule has 1 amide bonds. The Kier molecular flexibility index (Phi) is 9.85. The van der Waals surface area contributed by atoms with E-state index in [1.165, 1.54) is 0 Å².